The summed E-state index contributed by atoms with van der Waals surface area (Å²) in [5.74, 6) is 1.64. The third-order valence-electron chi connectivity index (χ3n) is 4.21. The largest absolute Gasteiger partial charge is 0.324 e. The first-order chi connectivity index (χ1) is 12.5. The topological polar surface area (TPSA) is 108 Å². The molecule has 1 aromatic carbocycles. The highest BCUT2D eigenvalue weighted by Gasteiger charge is 2.30. The summed E-state index contributed by atoms with van der Waals surface area (Å²) in [6, 6.07) is 3.48. The first kappa shape index (κ1) is 17.3. The molecule has 4 rings (SSSR count). The number of carbonyl (C=O) groups is 1. The highest BCUT2D eigenvalue weighted by atomic mass is 79.9. The molecule has 0 spiro atoms. The van der Waals surface area contributed by atoms with E-state index in [9.17, 15) is 9.59 Å². The van der Waals surface area contributed by atoms with Gasteiger partial charge in [0.1, 0.15) is 5.82 Å². The van der Waals surface area contributed by atoms with Crippen molar-refractivity contribution in [2.45, 2.75) is 37.4 Å². The van der Waals surface area contributed by atoms with Gasteiger partial charge in [-0.15, -0.1) is 10.2 Å². The van der Waals surface area contributed by atoms with Gasteiger partial charge in [-0.05, 0) is 47.8 Å². The molecule has 2 heterocycles. The normalized spacial score (nSPS) is 14.1. The molecule has 0 bridgehead atoms. The Morgan fingerprint density at radius 2 is 2.08 bits per heavy atom. The fourth-order valence-electron chi connectivity index (χ4n) is 2.82. The summed E-state index contributed by atoms with van der Waals surface area (Å²) in [4.78, 5) is 29.1. The maximum atomic E-state index is 12.3. The lowest BCUT2D eigenvalue weighted by molar-refractivity contribution is -0.113. The number of hydrogen-bond donors (Lipinski definition) is 3. The molecule has 3 N–H and O–H groups in total. The molecular weight excluding hydrogens is 420 g/mol. The van der Waals surface area contributed by atoms with Gasteiger partial charge in [0.25, 0.3) is 0 Å². The maximum absolute atomic E-state index is 12.3. The number of hydrogen-bond acceptors (Lipinski definition) is 5. The lowest BCUT2D eigenvalue weighted by atomic mass is 10.3. The van der Waals surface area contributed by atoms with Crippen molar-refractivity contribution in [3.63, 3.8) is 0 Å². The smallest absolute Gasteiger partial charge is 0.323 e. The van der Waals surface area contributed by atoms with Crippen LogP contribution in [0.4, 0.5) is 5.69 Å². The Bertz CT molecular complexity index is 1040. The lowest BCUT2D eigenvalue weighted by Gasteiger charge is -2.08. The van der Waals surface area contributed by atoms with Crippen molar-refractivity contribution in [2.75, 3.05) is 11.1 Å². The average Bonchev–Trinajstić information content (AvgIpc) is 3.26. The molecule has 8 nitrogen and oxygen atoms in total. The Kier molecular flexibility index (Phi) is 4.62. The van der Waals surface area contributed by atoms with E-state index in [4.69, 9.17) is 0 Å². The van der Waals surface area contributed by atoms with E-state index in [-0.39, 0.29) is 17.3 Å². The zero-order valence-electron chi connectivity index (χ0n) is 14.0. The molecule has 2 aromatic heterocycles. The third-order valence-corrected chi connectivity index (χ3v) is 5.84. The Balaban J connectivity index is 1.44. The first-order valence-corrected chi connectivity index (χ1v) is 10.1. The highest BCUT2D eigenvalue weighted by molar-refractivity contribution is 9.10. The minimum absolute atomic E-state index is 0.147. The minimum Gasteiger partial charge on any atom is -0.324 e. The van der Waals surface area contributed by atoms with E-state index in [1.807, 2.05) is 0 Å². The number of benzene rings is 1. The molecule has 0 saturated heterocycles. The zero-order valence-corrected chi connectivity index (χ0v) is 16.4. The fraction of sp³-hybridized carbons (Fsp3) is 0.375. The molecule has 26 heavy (non-hydrogen) atoms. The SMILES string of the molecule is CCn1c(SCC(=O)Nc2cc3[nH]c(=O)[nH]c3cc2Br)nnc1C1CC1. The van der Waals surface area contributed by atoms with Gasteiger partial charge in [-0.3, -0.25) is 4.79 Å². The van der Waals surface area contributed by atoms with E-state index < -0.39 is 0 Å². The summed E-state index contributed by atoms with van der Waals surface area (Å²) in [6.45, 7) is 2.86. The number of nitrogens with zero attached hydrogens (tertiary/aromatic N) is 3. The number of halogens is 1. The van der Waals surface area contributed by atoms with E-state index in [2.05, 4.69) is 52.9 Å². The van der Waals surface area contributed by atoms with Crippen LogP contribution >= 0.6 is 27.7 Å². The second-order valence-electron chi connectivity index (χ2n) is 6.15. The van der Waals surface area contributed by atoms with Gasteiger partial charge in [0.2, 0.25) is 5.91 Å². The predicted molar refractivity (Wildman–Crippen MR) is 104 cm³/mol. The van der Waals surface area contributed by atoms with Crippen molar-refractivity contribution in [2.24, 2.45) is 0 Å². The number of amides is 1. The molecule has 0 unspecified atom stereocenters. The number of aromatic amines is 2. The number of H-pyrrole nitrogens is 2. The Hall–Kier alpha value is -2.07. The summed E-state index contributed by atoms with van der Waals surface area (Å²) in [5, 5.41) is 12.1. The summed E-state index contributed by atoms with van der Waals surface area (Å²) in [6.07, 6.45) is 2.34. The van der Waals surface area contributed by atoms with Crippen LogP contribution in [0.15, 0.2) is 26.6 Å². The van der Waals surface area contributed by atoms with Crippen molar-refractivity contribution >= 4 is 50.3 Å². The molecule has 1 aliphatic rings. The molecular formula is C16H17BrN6O2S. The van der Waals surface area contributed by atoms with Crippen molar-refractivity contribution < 1.29 is 4.79 Å². The molecule has 10 heteroatoms. The molecule has 1 amide bonds. The van der Waals surface area contributed by atoms with Gasteiger partial charge in [-0.25, -0.2) is 4.79 Å². The lowest BCUT2D eigenvalue weighted by Crippen LogP contribution is -2.15. The molecule has 0 atom stereocenters. The van der Waals surface area contributed by atoms with E-state index in [0.717, 1.165) is 17.5 Å². The predicted octanol–water partition coefficient (Wildman–Crippen LogP) is 2.84. The highest BCUT2D eigenvalue weighted by Crippen LogP contribution is 2.40. The summed E-state index contributed by atoms with van der Waals surface area (Å²) in [5.41, 5.74) is 1.64. The fourth-order valence-corrected chi connectivity index (χ4v) is 4.07. The average molecular weight is 437 g/mol. The van der Waals surface area contributed by atoms with Gasteiger partial charge in [-0.1, -0.05) is 11.8 Å². The van der Waals surface area contributed by atoms with Crippen LogP contribution < -0.4 is 11.0 Å². The van der Waals surface area contributed by atoms with Crippen molar-refractivity contribution in [1.82, 2.24) is 24.7 Å². The van der Waals surface area contributed by atoms with Gasteiger partial charge in [-0.2, -0.15) is 0 Å². The van der Waals surface area contributed by atoms with Crippen LogP contribution in [-0.2, 0) is 11.3 Å². The first-order valence-electron chi connectivity index (χ1n) is 8.32. The van der Waals surface area contributed by atoms with Crippen LogP contribution in [0.5, 0.6) is 0 Å². The maximum Gasteiger partial charge on any atom is 0.323 e. The van der Waals surface area contributed by atoms with Gasteiger partial charge < -0.3 is 19.9 Å². The van der Waals surface area contributed by atoms with Crippen LogP contribution in [0, 0.1) is 0 Å². The molecule has 1 fully saturated rings. The number of nitrogens with one attached hydrogen (secondary N) is 3. The number of thioether (sulfide) groups is 1. The molecule has 3 aromatic rings. The summed E-state index contributed by atoms with van der Waals surface area (Å²) >= 11 is 4.79. The van der Waals surface area contributed by atoms with E-state index in [1.165, 1.54) is 24.6 Å². The van der Waals surface area contributed by atoms with Crippen LogP contribution in [0.3, 0.4) is 0 Å². The summed E-state index contributed by atoms with van der Waals surface area (Å²) in [7, 11) is 0. The van der Waals surface area contributed by atoms with Gasteiger partial charge in [0.05, 0.1) is 22.5 Å². The second kappa shape index (κ2) is 6.92. The summed E-state index contributed by atoms with van der Waals surface area (Å²) < 4.78 is 2.79. The number of rotatable bonds is 6. The van der Waals surface area contributed by atoms with Gasteiger partial charge >= 0.3 is 5.69 Å². The number of anilines is 1. The van der Waals surface area contributed by atoms with E-state index >= 15 is 0 Å². The number of fused-ring (bicyclic) bond motifs is 1. The van der Waals surface area contributed by atoms with Crippen LogP contribution in [-0.4, -0.2) is 36.4 Å². The number of aromatic nitrogens is 5. The third kappa shape index (κ3) is 3.43. The molecule has 0 aliphatic heterocycles. The van der Waals surface area contributed by atoms with E-state index in [1.54, 1.807) is 12.1 Å². The second-order valence-corrected chi connectivity index (χ2v) is 7.95. The molecule has 1 aliphatic carbocycles. The van der Waals surface area contributed by atoms with Gasteiger partial charge in [0.15, 0.2) is 5.16 Å². The number of imidazole rings is 1. The van der Waals surface area contributed by atoms with Crippen LogP contribution in [0.1, 0.15) is 31.5 Å². The van der Waals surface area contributed by atoms with E-state index in [0.29, 0.717) is 27.1 Å². The molecule has 0 radical (unpaired) electrons. The quantitative estimate of drug-likeness (QED) is 0.514. The van der Waals surface area contributed by atoms with Crippen molar-refractivity contribution in [3.8, 4) is 0 Å². The monoisotopic (exact) mass is 436 g/mol. The van der Waals surface area contributed by atoms with Crippen molar-refractivity contribution in [3.05, 3.63) is 32.9 Å². The van der Waals surface area contributed by atoms with Crippen LogP contribution in [0.25, 0.3) is 11.0 Å². The standard InChI is InChI=1S/C16H17BrN6O2S/c1-2-23-14(8-3-4-8)21-22-16(23)26-7-13(24)18-10-6-12-11(5-9(10)17)19-15(25)20-12/h5-6,8H,2-4,7H2,1H3,(H,18,24)(H2,19,20,25). The Morgan fingerprint density at radius 3 is 2.77 bits per heavy atom. The van der Waals surface area contributed by atoms with Gasteiger partial charge in [0, 0.05) is 16.9 Å². The molecule has 136 valence electrons. The van der Waals surface area contributed by atoms with Crippen molar-refractivity contribution in [1.29, 1.82) is 0 Å². The Labute approximate surface area is 161 Å². The molecule has 1 saturated carbocycles. The zero-order chi connectivity index (χ0) is 18.3. The Morgan fingerprint density at radius 1 is 1.35 bits per heavy atom. The van der Waals surface area contributed by atoms with Crippen LogP contribution in [0.2, 0.25) is 0 Å². The minimum atomic E-state index is -0.281. The number of carbonyl (C=O) groups excluding carboxylic acids is 1.